The normalized spacial score (nSPS) is 13.7. The number of amides is 1. The van der Waals surface area contributed by atoms with Gasteiger partial charge in [-0.1, -0.05) is 12.5 Å². The van der Waals surface area contributed by atoms with Crippen molar-refractivity contribution in [3.8, 4) is 0 Å². The van der Waals surface area contributed by atoms with Crippen molar-refractivity contribution in [2.24, 2.45) is 0 Å². The molecule has 1 amide bonds. The van der Waals surface area contributed by atoms with Crippen molar-refractivity contribution in [3.05, 3.63) is 51.2 Å². The first-order valence-corrected chi connectivity index (χ1v) is 9.24. The molecule has 0 atom stereocenters. The van der Waals surface area contributed by atoms with Crippen molar-refractivity contribution in [1.29, 1.82) is 0 Å². The first-order chi connectivity index (χ1) is 11.7. The SMILES string of the molecule is CCOC(=O)c1cccc(NC(=O)c2csc3c2CCCCC3)c1. The lowest BCUT2D eigenvalue weighted by Gasteiger charge is -2.08. The zero-order chi connectivity index (χ0) is 16.9. The van der Waals surface area contributed by atoms with Crippen LogP contribution in [0.4, 0.5) is 5.69 Å². The zero-order valence-corrected chi connectivity index (χ0v) is 14.6. The smallest absolute Gasteiger partial charge is 0.338 e. The van der Waals surface area contributed by atoms with E-state index >= 15 is 0 Å². The van der Waals surface area contributed by atoms with Crippen LogP contribution in [0.1, 0.15) is 57.3 Å². The number of aryl methyl sites for hydroxylation is 1. The van der Waals surface area contributed by atoms with Crippen LogP contribution in [0.25, 0.3) is 0 Å². The van der Waals surface area contributed by atoms with Crippen LogP contribution in [-0.4, -0.2) is 18.5 Å². The summed E-state index contributed by atoms with van der Waals surface area (Å²) in [6.45, 7) is 2.10. The number of thiophene rings is 1. The van der Waals surface area contributed by atoms with Gasteiger partial charge in [0, 0.05) is 15.9 Å². The maximum absolute atomic E-state index is 12.6. The second kappa shape index (κ2) is 7.62. The largest absolute Gasteiger partial charge is 0.462 e. The second-order valence-corrected chi connectivity index (χ2v) is 6.83. The highest BCUT2D eigenvalue weighted by atomic mass is 32.1. The molecule has 2 aromatic rings. The summed E-state index contributed by atoms with van der Waals surface area (Å²) in [6, 6.07) is 6.87. The molecular weight excluding hydrogens is 322 g/mol. The Kier molecular flexibility index (Phi) is 5.30. The highest BCUT2D eigenvalue weighted by molar-refractivity contribution is 7.10. The van der Waals surface area contributed by atoms with E-state index in [2.05, 4.69) is 5.32 Å². The Morgan fingerprint density at radius 2 is 2.04 bits per heavy atom. The minimum absolute atomic E-state index is 0.101. The van der Waals surface area contributed by atoms with Gasteiger partial charge >= 0.3 is 5.97 Å². The molecule has 0 spiro atoms. The van der Waals surface area contributed by atoms with E-state index in [-0.39, 0.29) is 11.9 Å². The molecule has 5 heteroatoms. The lowest BCUT2D eigenvalue weighted by Crippen LogP contribution is -2.14. The van der Waals surface area contributed by atoms with E-state index in [1.54, 1.807) is 42.5 Å². The van der Waals surface area contributed by atoms with Crippen molar-refractivity contribution in [2.45, 2.75) is 39.0 Å². The van der Waals surface area contributed by atoms with Crippen molar-refractivity contribution in [1.82, 2.24) is 0 Å². The Balaban J connectivity index is 1.77. The van der Waals surface area contributed by atoms with Gasteiger partial charge in [-0.15, -0.1) is 11.3 Å². The molecule has 1 N–H and O–H groups in total. The molecule has 0 fully saturated rings. The van der Waals surface area contributed by atoms with Gasteiger partial charge in [0.05, 0.1) is 17.7 Å². The minimum Gasteiger partial charge on any atom is -0.462 e. The summed E-state index contributed by atoms with van der Waals surface area (Å²) in [4.78, 5) is 25.8. The van der Waals surface area contributed by atoms with Crippen LogP contribution >= 0.6 is 11.3 Å². The number of carbonyl (C=O) groups excluding carboxylic acids is 2. The molecule has 1 aromatic heterocycles. The minimum atomic E-state index is -0.377. The van der Waals surface area contributed by atoms with Crippen molar-refractivity contribution in [3.63, 3.8) is 0 Å². The molecule has 0 saturated carbocycles. The van der Waals surface area contributed by atoms with Gasteiger partial charge in [0.25, 0.3) is 5.91 Å². The first kappa shape index (κ1) is 16.7. The second-order valence-electron chi connectivity index (χ2n) is 5.87. The summed E-state index contributed by atoms with van der Waals surface area (Å²) in [5, 5.41) is 4.87. The number of hydrogen-bond donors (Lipinski definition) is 1. The molecule has 0 bridgehead atoms. The number of ether oxygens (including phenoxy) is 1. The van der Waals surface area contributed by atoms with E-state index in [0.29, 0.717) is 17.9 Å². The average molecular weight is 343 g/mol. The molecule has 0 saturated heterocycles. The van der Waals surface area contributed by atoms with Gasteiger partial charge in [-0.2, -0.15) is 0 Å². The van der Waals surface area contributed by atoms with Gasteiger partial charge < -0.3 is 10.1 Å². The predicted molar refractivity (Wildman–Crippen MR) is 95.9 cm³/mol. The molecule has 0 radical (unpaired) electrons. The molecule has 1 aliphatic carbocycles. The highest BCUT2D eigenvalue weighted by Crippen LogP contribution is 2.30. The highest BCUT2D eigenvalue weighted by Gasteiger charge is 2.19. The van der Waals surface area contributed by atoms with Gasteiger partial charge in [-0.25, -0.2) is 4.79 Å². The van der Waals surface area contributed by atoms with Crippen molar-refractivity contribution >= 4 is 28.9 Å². The molecule has 0 unspecified atom stereocenters. The number of fused-ring (bicyclic) bond motifs is 1. The number of carbonyl (C=O) groups is 2. The number of esters is 1. The fourth-order valence-corrected chi connectivity index (χ4v) is 4.12. The fourth-order valence-electron chi connectivity index (χ4n) is 3.00. The number of rotatable bonds is 4. The molecule has 0 aliphatic heterocycles. The van der Waals surface area contributed by atoms with Crippen molar-refractivity contribution < 1.29 is 14.3 Å². The third-order valence-electron chi connectivity index (χ3n) is 4.19. The Morgan fingerprint density at radius 1 is 1.21 bits per heavy atom. The number of anilines is 1. The monoisotopic (exact) mass is 343 g/mol. The van der Waals surface area contributed by atoms with E-state index < -0.39 is 0 Å². The summed E-state index contributed by atoms with van der Waals surface area (Å²) in [5.41, 5.74) is 3.04. The average Bonchev–Trinajstić information content (AvgIpc) is 2.84. The van der Waals surface area contributed by atoms with Crippen LogP contribution in [0.5, 0.6) is 0 Å². The lowest BCUT2D eigenvalue weighted by atomic mass is 10.1. The third-order valence-corrected chi connectivity index (χ3v) is 5.28. The molecule has 1 aliphatic rings. The molecule has 4 nitrogen and oxygen atoms in total. The van der Waals surface area contributed by atoms with Crippen LogP contribution in [-0.2, 0) is 17.6 Å². The Hall–Kier alpha value is -2.14. The molecule has 126 valence electrons. The van der Waals surface area contributed by atoms with Crippen LogP contribution < -0.4 is 5.32 Å². The Morgan fingerprint density at radius 3 is 2.88 bits per heavy atom. The summed E-state index contributed by atoms with van der Waals surface area (Å²) in [6.07, 6.45) is 5.62. The van der Waals surface area contributed by atoms with E-state index in [1.807, 2.05) is 5.38 Å². The van der Waals surface area contributed by atoms with Gasteiger partial charge in [0.15, 0.2) is 0 Å². The van der Waals surface area contributed by atoms with Crippen LogP contribution in [0, 0.1) is 0 Å². The topological polar surface area (TPSA) is 55.4 Å². The Bertz CT molecular complexity index is 751. The predicted octanol–water partition coefficient (Wildman–Crippen LogP) is 4.45. The fraction of sp³-hybridized carbons (Fsp3) is 0.368. The molecule has 3 rings (SSSR count). The number of benzene rings is 1. The zero-order valence-electron chi connectivity index (χ0n) is 13.8. The van der Waals surface area contributed by atoms with Gasteiger partial charge in [0.2, 0.25) is 0 Å². The van der Waals surface area contributed by atoms with E-state index in [0.717, 1.165) is 24.8 Å². The van der Waals surface area contributed by atoms with Crippen LogP contribution in [0.3, 0.4) is 0 Å². The van der Waals surface area contributed by atoms with Crippen LogP contribution in [0.2, 0.25) is 0 Å². The molecule has 24 heavy (non-hydrogen) atoms. The molecule has 1 aromatic carbocycles. The van der Waals surface area contributed by atoms with Crippen LogP contribution in [0.15, 0.2) is 29.6 Å². The summed E-state index contributed by atoms with van der Waals surface area (Å²) in [7, 11) is 0. The van der Waals surface area contributed by atoms with Crippen molar-refractivity contribution in [2.75, 3.05) is 11.9 Å². The van der Waals surface area contributed by atoms with Gasteiger partial charge in [-0.3, -0.25) is 4.79 Å². The first-order valence-electron chi connectivity index (χ1n) is 8.37. The standard InChI is InChI=1S/C19H21NO3S/c1-2-23-19(22)13-7-6-8-14(11-13)20-18(21)16-12-24-17-10-5-3-4-9-15(16)17/h6-8,11-12H,2-5,9-10H2,1H3,(H,20,21). The summed E-state index contributed by atoms with van der Waals surface area (Å²) >= 11 is 1.68. The van der Waals surface area contributed by atoms with Gasteiger partial charge in [-0.05, 0) is 56.4 Å². The van der Waals surface area contributed by atoms with E-state index in [1.165, 1.54) is 23.3 Å². The number of hydrogen-bond acceptors (Lipinski definition) is 4. The maximum Gasteiger partial charge on any atom is 0.338 e. The number of nitrogens with one attached hydrogen (secondary N) is 1. The molecular formula is C19H21NO3S. The summed E-state index contributed by atoms with van der Waals surface area (Å²) < 4.78 is 5.00. The summed E-state index contributed by atoms with van der Waals surface area (Å²) in [5.74, 6) is -0.478. The maximum atomic E-state index is 12.6. The quantitative estimate of drug-likeness (QED) is 0.659. The molecule has 1 heterocycles. The third kappa shape index (κ3) is 3.67. The van der Waals surface area contributed by atoms with E-state index in [4.69, 9.17) is 4.74 Å². The lowest BCUT2D eigenvalue weighted by molar-refractivity contribution is 0.0526. The Labute approximate surface area is 145 Å². The van der Waals surface area contributed by atoms with Gasteiger partial charge in [0.1, 0.15) is 0 Å². The van der Waals surface area contributed by atoms with E-state index in [9.17, 15) is 9.59 Å².